The summed E-state index contributed by atoms with van der Waals surface area (Å²) in [4.78, 5) is 23.0. The van der Waals surface area contributed by atoms with Crippen molar-refractivity contribution in [3.8, 4) is 5.75 Å². The van der Waals surface area contributed by atoms with E-state index >= 15 is 0 Å². The second-order valence-corrected chi connectivity index (χ2v) is 8.04. The number of hydrogen-bond acceptors (Lipinski definition) is 6. The second kappa shape index (κ2) is 10.0. The second-order valence-electron chi connectivity index (χ2n) is 6.33. The molecule has 0 spiro atoms. The molecule has 8 nitrogen and oxygen atoms in total. The van der Waals surface area contributed by atoms with Crippen molar-refractivity contribution in [2.45, 2.75) is 31.7 Å². The molecule has 0 aliphatic heterocycles. The summed E-state index contributed by atoms with van der Waals surface area (Å²) in [7, 11) is -3.92. The molecule has 1 atom stereocenters. The number of hydrogen-bond donors (Lipinski definition) is 2. The van der Waals surface area contributed by atoms with Crippen molar-refractivity contribution in [1.29, 1.82) is 0 Å². The van der Waals surface area contributed by atoms with Crippen LogP contribution in [0.5, 0.6) is 5.75 Å². The molecular formula is C20H24N2O6S. The van der Waals surface area contributed by atoms with E-state index in [0.717, 1.165) is 5.56 Å². The summed E-state index contributed by atoms with van der Waals surface area (Å²) < 4.78 is 37.7. The van der Waals surface area contributed by atoms with Crippen molar-refractivity contribution < 1.29 is 27.5 Å². The predicted octanol–water partition coefficient (Wildman–Crippen LogP) is 2.24. The minimum Gasteiger partial charge on any atom is -0.490 e. The maximum atomic E-state index is 12.4. The molecule has 0 saturated heterocycles. The number of rotatable bonds is 9. The average Bonchev–Trinajstić information content (AvgIpc) is 2.66. The molecule has 0 aromatic heterocycles. The number of carbonyl (C=O) groups is 2. The largest absolute Gasteiger partial charge is 0.490 e. The molecule has 0 aliphatic rings. The van der Waals surface area contributed by atoms with E-state index in [1.165, 1.54) is 38.1 Å². The summed E-state index contributed by atoms with van der Waals surface area (Å²) in [6.45, 7) is 4.80. The van der Waals surface area contributed by atoms with Gasteiger partial charge in [0.1, 0.15) is 25.0 Å². The van der Waals surface area contributed by atoms with E-state index in [1.54, 1.807) is 0 Å². The first-order valence-electron chi connectivity index (χ1n) is 8.94. The van der Waals surface area contributed by atoms with Gasteiger partial charge < -0.3 is 14.8 Å². The average molecular weight is 420 g/mol. The van der Waals surface area contributed by atoms with E-state index < -0.39 is 22.0 Å². The normalized spacial score (nSPS) is 12.1. The van der Waals surface area contributed by atoms with Crippen LogP contribution in [0.15, 0.2) is 53.4 Å². The Bertz CT molecular complexity index is 957. The zero-order chi connectivity index (χ0) is 21.4. The highest BCUT2D eigenvalue weighted by atomic mass is 32.2. The number of aryl methyl sites for hydroxylation is 1. The Morgan fingerprint density at radius 2 is 1.69 bits per heavy atom. The zero-order valence-corrected chi connectivity index (χ0v) is 17.3. The van der Waals surface area contributed by atoms with E-state index in [1.807, 2.05) is 31.2 Å². The summed E-state index contributed by atoms with van der Waals surface area (Å²) in [5.74, 6) is -0.279. The van der Waals surface area contributed by atoms with E-state index in [0.29, 0.717) is 11.4 Å². The molecule has 9 heteroatoms. The molecule has 0 saturated carbocycles. The fraction of sp³-hybridized carbons (Fsp3) is 0.300. The van der Waals surface area contributed by atoms with Crippen molar-refractivity contribution in [3.05, 3.63) is 54.1 Å². The molecule has 156 valence electrons. The first kappa shape index (κ1) is 22.4. The Hall–Kier alpha value is -2.91. The van der Waals surface area contributed by atoms with E-state index in [2.05, 4.69) is 10.0 Å². The summed E-state index contributed by atoms with van der Waals surface area (Å²) in [5, 5.41) is 2.55. The molecule has 2 rings (SSSR count). The minimum atomic E-state index is -3.92. The van der Waals surface area contributed by atoms with E-state index in [9.17, 15) is 18.0 Å². The van der Waals surface area contributed by atoms with Crippen LogP contribution in [0.25, 0.3) is 0 Å². The smallest absolute Gasteiger partial charge is 0.324 e. The lowest BCUT2D eigenvalue weighted by atomic mass is 10.2. The monoisotopic (exact) mass is 420 g/mol. The van der Waals surface area contributed by atoms with Gasteiger partial charge in [0.15, 0.2) is 0 Å². The van der Waals surface area contributed by atoms with Crippen LogP contribution in [-0.4, -0.2) is 39.5 Å². The lowest BCUT2D eigenvalue weighted by Crippen LogP contribution is -2.39. The van der Waals surface area contributed by atoms with Gasteiger partial charge in [-0.05, 0) is 49.7 Å². The number of amides is 1. The van der Waals surface area contributed by atoms with Crippen LogP contribution in [0, 0.1) is 6.92 Å². The molecule has 0 fully saturated rings. The third-order valence-corrected chi connectivity index (χ3v) is 5.41. The minimum absolute atomic E-state index is 0.00928. The highest BCUT2D eigenvalue weighted by molar-refractivity contribution is 7.89. The number of para-hydroxylation sites is 1. The molecule has 0 heterocycles. The highest BCUT2D eigenvalue weighted by Crippen LogP contribution is 2.16. The van der Waals surface area contributed by atoms with Gasteiger partial charge >= 0.3 is 5.97 Å². The SMILES string of the molecule is CC(=O)Nc1ccc(S(=O)(=O)N[C@@H](C)C(=O)OCCOc2ccccc2C)cc1. The standard InChI is InChI=1S/C20H24N2O6S/c1-14-6-4-5-7-19(14)27-12-13-28-20(24)15(2)22-29(25,26)18-10-8-17(9-11-18)21-16(3)23/h4-11,15,22H,12-13H2,1-3H3,(H,21,23)/t15-/m0/s1. The van der Waals surface area contributed by atoms with Crippen LogP contribution in [0.2, 0.25) is 0 Å². The molecule has 29 heavy (non-hydrogen) atoms. The molecular weight excluding hydrogens is 396 g/mol. The molecule has 0 bridgehead atoms. The molecule has 1 amide bonds. The third-order valence-electron chi connectivity index (χ3n) is 3.85. The number of carbonyl (C=O) groups excluding carboxylic acids is 2. The van der Waals surface area contributed by atoms with Gasteiger partial charge in [-0.2, -0.15) is 4.72 Å². The lowest BCUT2D eigenvalue weighted by Gasteiger charge is -2.14. The molecule has 2 aromatic carbocycles. The van der Waals surface area contributed by atoms with Crippen LogP contribution in [0.1, 0.15) is 19.4 Å². The van der Waals surface area contributed by atoms with Crippen LogP contribution in [0.3, 0.4) is 0 Å². The topological polar surface area (TPSA) is 111 Å². The number of nitrogens with one attached hydrogen (secondary N) is 2. The fourth-order valence-corrected chi connectivity index (χ4v) is 3.60. The Labute approximate surface area is 170 Å². The number of esters is 1. The highest BCUT2D eigenvalue weighted by Gasteiger charge is 2.23. The molecule has 0 radical (unpaired) electrons. The fourth-order valence-electron chi connectivity index (χ4n) is 2.41. The summed E-state index contributed by atoms with van der Waals surface area (Å²) in [5.41, 5.74) is 1.43. The number of ether oxygens (including phenoxy) is 2. The number of benzene rings is 2. The zero-order valence-electron chi connectivity index (χ0n) is 16.5. The molecule has 0 unspecified atom stereocenters. The van der Waals surface area contributed by atoms with Gasteiger partial charge in [-0.15, -0.1) is 0 Å². The van der Waals surface area contributed by atoms with Crippen molar-refractivity contribution in [1.82, 2.24) is 4.72 Å². The van der Waals surface area contributed by atoms with Gasteiger partial charge in [0.2, 0.25) is 15.9 Å². The first-order chi connectivity index (χ1) is 13.7. The van der Waals surface area contributed by atoms with E-state index in [-0.39, 0.29) is 24.0 Å². The van der Waals surface area contributed by atoms with E-state index in [4.69, 9.17) is 9.47 Å². The van der Waals surface area contributed by atoms with Gasteiger partial charge in [-0.1, -0.05) is 18.2 Å². The van der Waals surface area contributed by atoms with Crippen molar-refractivity contribution in [3.63, 3.8) is 0 Å². The van der Waals surface area contributed by atoms with Crippen LogP contribution >= 0.6 is 0 Å². The van der Waals surface area contributed by atoms with Crippen molar-refractivity contribution in [2.24, 2.45) is 0 Å². The predicted molar refractivity (Wildman–Crippen MR) is 108 cm³/mol. The van der Waals surface area contributed by atoms with Gasteiger partial charge in [-0.3, -0.25) is 9.59 Å². The Kier molecular flexibility index (Phi) is 7.74. The van der Waals surface area contributed by atoms with Gasteiger partial charge in [0.25, 0.3) is 0 Å². The number of anilines is 1. The third kappa shape index (κ3) is 6.88. The van der Waals surface area contributed by atoms with Crippen LogP contribution in [-0.2, 0) is 24.3 Å². The Morgan fingerprint density at radius 1 is 1.03 bits per heavy atom. The summed E-state index contributed by atoms with van der Waals surface area (Å²) in [6.07, 6.45) is 0. The maximum absolute atomic E-state index is 12.4. The van der Waals surface area contributed by atoms with Gasteiger partial charge in [-0.25, -0.2) is 8.42 Å². The van der Waals surface area contributed by atoms with Crippen LogP contribution < -0.4 is 14.8 Å². The number of sulfonamides is 1. The summed E-state index contributed by atoms with van der Waals surface area (Å²) >= 11 is 0. The quantitative estimate of drug-likeness (QED) is 0.475. The van der Waals surface area contributed by atoms with Gasteiger partial charge in [0, 0.05) is 12.6 Å². The Morgan fingerprint density at radius 3 is 2.31 bits per heavy atom. The summed E-state index contributed by atoms with van der Waals surface area (Å²) in [6, 6.07) is 12.0. The maximum Gasteiger partial charge on any atom is 0.324 e. The lowest BCUT2D eigenvalue weighted by molar-refractivity contribution is -0.145. The van der Waals surface area contributed by atoms with Gasteiger partial charge in [0.05, 0.1) is 4.90 Å². The van der Waals surface area contributed by atoms with Crippen LogP contribution in [0.4, 0.5) is 5.69 Å². The van der Waals surface area contributed by atoms with Crippen molar-refractivity contribution in [2.75, 3.05) is 18.5 Å². The molecule has 0 aliphatic carbocycles. The van der Waals surface area contributed by atoms with Crippen molar-refractivity contribution >= 4 is 27.6 Å². The first-order valence-corrected chi connectivity index (χ1v) is 10.4. The molecule has 2 aromatic rings. The Balaban J connectivity index is 1.84. The molecule has 2 N–H and O–H groups in total.